The average molecular weight is 373 g/mol. The van der Waals surface area contributed by atoms with Crippen LogP contribution in [0.25, 0.3) is 0 Å². The van der Waals surface area contributed by atoms with E-state index in [4.69, 9.17) is 16.3 Å². The molecule has 0 bridgehead atoms. The first-order valence-corrected chi connectivity index (χ1v) is 8.46. The monoisotopic (exact) mass is 372 g/mol. The quantitative estimate of drug-likeness (QED) is 0.668. The molecule has 0 saturated heterocycles. The Hall–Kier alpha value is -2.79. The summed E-state index contributed by atoms with van der Waals surface area (Å²) in [6, 6.07) is 15.3. The fourth-order valence-electron chi connectivity index (χ4n) is 2.76. The Morgan fingerprint density at radius 2 is 1.96 bits per heavy atom. The predicted octanol–water partition coefficient (Wildman–Crippen LogP) is 4.91. The molecule has 4 nitrogen and oxygen atoms in total. The molecule has 3 aromatic rings. The van der Waals surface area contributed by atoms with Crippen LogP contribution in [0.3, 0.4) is 0 Å². The summed E-state index contributed by atoms with van der Waals surface area (Å²) < 4.78 is 20.5. The average Bonchev–Trinajstić information content (AvgIpc) is 3.17. The third-order valence-corrected chi connectivity index (χ3v) is 4.34. The van der Waals surface area contributed by atoms with E-state index in [1.807, 2.05) is 53.4 Å². The van der Waals surface area contributed by atoms with Crippen LogP contribution in [0.1, 0.15) is 18.0 Å². The number of hydrogen-bond donors (Lipinski definition) is 1. The lowest BCUT2D eigenvalue weighted by molar-refractivity contribution is -0.116. The lowest BCUT2D eigenvalue weighted by Gasteiger charge is -2.20. The van der Waals surface area contributed by atoms with Crippen molar-refractivity contribution in [3.63, 3.8) is 0 Å². The zero-order valence-corrected chi connectivity index (χ0v) is 14.9. The molecule has 0 fully saturated rings. The Morgan fingerprint density at radius 3 is 2.65 bits per heavy atom. The SMILES string of the molecule is COc1cccc(C(CC(=O)Nc2ccc(F)c(Cl)c2)n2cccc2)c1. The van der Waals surface area contributed by atoms with Gasteiger partial charge in [0.15, 0.2) is 0 Å². The van der Waals surface area contributed by atoms with Gasteiger partial charge in [0.2, 0.25) is 5.91 Å². The topological polar surface area (TPSA) is 43.3 Å². The highest BCUT2D eigenvalue weighted by Crippen LogP contribution is 2.27. The number of carbonyl (C=O) groups is 1. The number of aromatic nitrogens is 1. The number of ether oxygens (including phenoxy) is 1. The minimum absolute atomic E-state index is 0.0300. The summed E-state index contributed by atoms with van der Waals surface area (Å²) in [6.45, 7) is 0. The molecule has 1 N–H and O–H groups in total. The van der Waals surface area contributed by atoms with Crippen LogP contribution in [-0.2, 0) is 4.79 Å². The van der Waals surface area contributed by atoms with Gasteiger partial charge in [0, 0.05) is 18.1 Å². The third kappa shape index (κ3) is 4.24. The van der Waals surface area contributed by atoms with Crippen LogP contribution in [0.5, 0.6) is 5.75 Å². The van der Waals surface area contributed by atoms with E-state index in [-0.39, 0.29) is 23.4 Å². The molecule has 0 radical (unpaired) electrons. The van der Waals surface area contributed by atoms with Gasteiger partial charge in [-0.15, -0.1) is 0 Å². The van der Waals surface area contributed by atoms with Gasteiger partial charge in [-0.2, -0.15) is 0 Å². The molecule has 1 aromatic heterocycles. The van der Waals surface area contributed by atoms with Crippen LogP contribution < -0.4 is 10.1 Å². The molecule has 1 atom stereocenters. The number of hydrogen-bond acceptors (Lipinski definition) is 2. The summed E-state index contributed by atoms with van der Waals surface area (Å²) in [5, 5.41) is 2.74. The fourth-order valence-corrected chi connectivity index (χ4v) is 2.94. The Morgan fingerprint density at radius 1 is 1.19 bits per heavy atom. The number of anilines is 1. The number of halogens is 2. The highest BCUT2D eigenvalue weighted by Gasteiger charge is 2.18. The van der Waals surface area contributed by atoms with E-state index in [9.17, 15) is 9.18 Å². The van der Waals surface area contributed by atoms with Crippen LogP contribution in [0.15, 0.2) is 67.0 Å². The molecule has 1 unspecified atom stereocenters. The van der Waals surface area contributed by atoms with Gasteiger partial charge in [-0.05, 0) is 48.0 Å². The Kier molecular flexibility index (Phi) is 5.58. The zero-order valence-electron chi connectivity index (χ0n) is 14.2. The number of rotatable bonds is 6. The number of nitrogens with one attached hydrogen (secondary N) is 1. The lowest BCUT2D eigenvalue weighted by atomic mass is 10.0. The Labute approximate surface area is 156 Å². The van der Waals surface area contributed by atoms with Gasteiger partial charge in [-0.1, -0.05) is 23.7 Å². The van der Waals surface area contributed by atoms with Crippen LogP contribution in [0.4, 0.5) is 10.1 Å². The van der Waals surface area contributed by atoms with Crippen molar-refractivity contribution >= 4 is 23.2 Å². The number of carbonyl (C=O) groups excluding carboxylic acids is 1. The summed E-state index contributed by atoms with van der Waals surface area (Å²) >= 11 is 5.77. The second-order valence-electron chi connectivity index (χ2n) is 5.80. The maximum absolute atomic E-state index is 13.3. The number of amides is 1. The number of methoxy groups -OCH3 is 1. The summed E-state index contributed by atoms with van der Waals surface area (Å²) in [4.78, 5) is 12.5. The first kappa shape index (κ1) is 18.0. The highest BCUT2D eigenvalue weighted by atomic mass is 35.5. The van der Waals surface area contributed by atoms with Gasteiger partial charge in [-0.3, -0.25) is 4.79 Å². The molecule has 1 amide bonds. The maximum atomic E-state index is 13.3. The van der Waals surface area contributed by atoms with Crippen molar-refractivity contribution < 1.29 is 13.9 Å². The fraction of sp³-hybridized carbons (Fsp3) is 0.150. The zero-order chi connectivity index (χ0) is 18.5. The minimum atomic E-state index is -0.522. The van der Waals surface area contributed by atoms with Crippen molar-refractivity contribution in [3.05, 3.63) is 83.4 Å². The normalized spacial score (nSPS) is 11.8. The van der Waals surface area contributed by atoms with E-state index >= 15 is 0 Å². The van der Waals surface area contributed by atoms with E-state index < -0.39 is 5.82 Å². The maximum Gasteiger partial charge on any atom is 0.226 e. The molecule has 3 rings (SSSR count). The van der Waals surface area contributed by atoms with Crippen LogP contribution in [0, 0.1) is 5.82 Å². The van der Waals surface area contributed by atoms with Crippen molar-refractivity contribution in [2.75, 3.05) is 12.4 Å². The van der Waals surface area contributed by atoms with Gasteiger partial charge < -0.3 is 14.6 Å². The van der Waals surface area contributed by atoms with Gasteiger partial charge in [0.05, 0.1) is 24.6 Å². The molecule has 2 aromatic carbocycles. The summed E-state index contributed by atoms with van der Waals surface area (Å²) in [6.07, 6.45) is 4.02. The molecule has 0 spiro atoms. The predicted molar refractivity (Wildman–Crippen MR) is 100 cm³/mol. The molecule has 1 heterocycles. The summed E-state index contributed by atoms with van der Waals surface area (Å²) in [5.74, 6) is 0.00541. The van der Waals surface area contributed by atoms with Crippen LogP contribution >= 0.6 is 11.6 Å². The second-order valence-corrected chi connectivity index (χ2v) is 6.21. The van der Waals surface area contributed by atoms with Gasteiger partial charge in [0.25, 0.3) is 0 Å². The van der Waals surface area contributed by atoms with Crippen molar-refractivity contribution in [2.45, 2.75) is 12.5 Å². The lowest BCUT2D eigenvalue weighted by Crippen LogP contribution is -2.19. The number of nitrogens with zero attached hydrogens (tertiary/aromatic N) is 1. The van der Waals surface area contributed by atoms with Gasteiger partial charge in [-0.25, -0.2) is 4.39 Å². The van der Waals surface area contributed by atoms with Crippen LogP contribution in [0.2, 0.25) is 5.02 Å². The largest absolute Gasteiger partial charge is 0.497 e. The molecule has 0 saturated carbocycles. The standard InChI is InChI=1S/C20H18ClFN2O2/c1-26-16-6-4-5-14(11-16)19(24-9-2-3-10-24)13-20(25)23-15-7-8-18(22)17(21)12-15/h2-12,19H,13H2,1H3,(H,23,25). The molecule has 134 valence electrons. The molecule has 0 aliphatic rings. The van der Waals surface area contributed by atoms with E-state index in [2.05, 4.69) is 5.32 Å². The molecular formula is C20H18ClFN2O2. The third-order valence-electron chi connectivity index (χ3n) is 4.05. The molecule has 6 heteroatoms. The van der Waals surface area contributed by atoms with Crippen molar-refractivity contribution in [1.29, 1.82) is 0 Å². The number of benzene rings is 2. The van der Waals surface area contributed by atoms with E-state index in [1.165, 1.54) is 18.2 Å². The first-order chi connectivity index (χ1) is 12.6. The summed E-state index contributed by atoms with van der Waals surface area (Å²) in [7, 11) is 1.61. The smallest absolute Gasteiger partial charge is 0.226 e. The molecular weight excluding hydrogens is 355 g/mol. The van der Waals surface area contributed by atoms with Crippen molar-refractivity contribution in [1.82, 2.24) is 4.57 Å². The van der Waals surface area contributed by atoms with E-state index in [0.717, 1.165) is 11.3 Å². The van der Waals surface area contributed by atoms with E-state index in [1.54, 1.807) is 7.11 Å². The Balaban J connectivity index is 1.81. The van der Waals surface area contributed by atoms with Gasteiger partial charge >= 0.3 is 0 Å². The van der Waals surface area contributed by atoms with E-state index in [0.29, 0.717) is 5.69 Å². The first-order valence-electron chi connectivity index (χ1n) is 8.08. The molecule has 26 heavy (non-hydrogen) atoms. The molecule has 0 aliphatic carbocycles. The van der Waals surface area contributed by atoms with Crippen molar-refractivity contribution in [3.8, 4) is 5.75 Å². The Bertz CT molecular complexity index is 897. The van der Waals surface area contributed by atoms with Crippen molar-refractivity contribution in [2.24, 2.45) is 0 Å². The minimum Gasteiger partial charge on any atom is -0.497 e. The van der Waals surface area contributed by atoms with Gasteiger partial charge in [0.1, 0.15) is 11.6 Å². The van der Waals surface area contributed by atoms with Crippen LogP contribution in [-0.4, -0.2) is 17.6 Å². The second kappa shape index (κ2) is 8.06. The highest BCUT2D eigenvalue weighted by molar-refractivity contribution is 6.31. The molecule has 0 aliphatic heterocycles. The summed E-state index contributed by atoms with van der Waals surface area (Å²) in [5.41, 5.74) is 1.41.